The molecule has 1 aliphatic rings. The summed E-state index contributed by atoms with van der Waals surface area (Å²) >= 11 is 4.94. The molecule has 0 saturated heterocycles. The van der Waals surface area contributed by atoms with Crippen molar-refractivity contribution in [1.29, 1.82) is 10.5 Å². The van der Waals surface area contributed by atoms with Gasteiger partial charge in [-0.2, -0.15) is 15.6 Å². The Balaban J connectivity index is 1.75. The van der Waals surface area contributed by atoms with Gasteiger partial charge in [-0.05, 0) is 49.7 Å². The third-order valence-electron chi connectivity index (χ3n) is 5.45. The quantitative estimate of drug-likeness (QED) is 0.287. The first-order valence-electron chi connectivity index (χ1n) is 10.4. The summed E-state index contributed by atoms with van der Waals surface area (Å²) in [7, 11) is 0. The van der Waals surface area contributed by atoms with E-state index in [9.17, 15) is 10.5 Å². The van der Waals surface area contributed by atoms with Gasteiger partial charge in [0, 0.05) is 27.0 Å². The number of thioether (sulfide) groups is 1. The number of halogens is 1. The van der Waals surface area contributed by atoms with Crippen molar-refractivity contribution in [1.82, 2.24) is 14.6 Å². The standard InChI is InChI=1S/C26H17BrN6S/c1-16-12-17(2)33-25(30-16)21(13-28)24(31-33)22(14-29)26-32(20-6-4-3-5-7-20)23(15-34-26)18-8-10-19(27)11-9-18/h3-12,15H,1-2H3/b26-22-. The van der Waals surface area contributed by atoms with E-state index in [1.165, 1.54) is 11.8 Å². The number of fused-ring (bicyclic) bond motifs is 1. The largest absolute Gasteiger partial charge is 0.302 e. The Morgan fingerprint density at radius 1 is 1.03 bits per heavy atom. The van der Waals surface area contributed by atoms with E-state index in [1.807, 2.05) is 84.8 Å². The van der Waals surface area contributed by atoms with Gasteiger partial charge in [0.15, 0.2) is 5.65 Å². The molecule has 6 nitrogen and oxygen atoms in total. The monoisotopic (exact) mass is 524 g/mol. The highest BCUT2D eigenvalue weighted by molar-refractivity contribution is 9.10. The summed E-state index contributed by atoms with van der Waals surface area (Å²) in [6, 6.07) is 24.4. The van der Waals surface area contributed by atoms with Crippen molar-refractivity contribution in [3.05, 3.63) is 104 Å². The predicted molar refractivity (Wildman–Crippen MR) is 138 cm³/mol. The molecule has 2 aromatic heterocycles. The van der Waals surface area contributed by atoms with E-state index in [0.29, 0.717) is 27.5 Å². The zero-order valence-corrected chi connectivity index (χ0v) is 20.7. The Morgan fingerprint density at radius 3 is 2.44 bits per heavy atom. The molecule has 0 unspecified atom stereocenters. The zero-order valence-electron chi connectivity index (χ0n) is 18.3. The van der Waals surface area contributed by atoms with Gasteiger partial charge in [0.2, 0.25) is 0 Å². The minimum atomic E-state index is 0.293. The molecule has 0 amide bonds. The fraction of sp³-hybridized carbons (Fsp3) is 0.0769. The van der Waals surface area contributed by atoms with E-state index in [4.69, 9.17) is 0 Å². The summed E-state index contributed by atoms with van der Waals surface area (Å²) in [6.45, 7) is 3.79. The fourth-order valence-corrected chi connectivity index (χ4v) is 5.25. The fourth-order valence-electron chi connectivity index (χ4n) is 3.95. The van der Waals surface area contributed by atoms with Crippen molar-refractivity contribution >= 4 is 50.3 Å². The summed E-state index contributed by atoms with van der Waals surface area (Å²) in [5.41, 5.74) is 5.92. The van der Waals surface area contributed by atoms with Gasteiger partial charge in [0.1, 0.15) is 34.0 Å². The first kappa shape index (κ1) is 22.0. The molecule has 4 aromatic rings. The Labute approximate surface area is 209 Å². The number of para-hydroxylation sites is 1. The molecule has 0 radical (unpaired) electrons. The maximum Gasteiger partial charge on any atom is 0.174 e. The van der Waals surface area contributed by atoms with E-state index in [0.717, 1.165) is 32.8 Å². The SMILES string of the molecule is Cc1cc(C)n2nc(/C(C#N)=C3\SC=C(c4ccc(Br)cc4)N3c3ccccc3)c(C#N)c2n1. The number of aromatic nitrogens is 3. The Hall–Kier alpha value is -3.85. The Morgan fingerprint density at radius 2 is 1.76 bits per heavy atom. The smallest absolute Gasteiger partial charge is 0.174 e. The molecule has 0 aliphatic carbocycles. The minimum Gasteiger partial charge on any atom is -0.302 e. The van der Waals surface area contributed by atoms with Crippen LogP contribution in [0.25, 0.3) is 16.9 Å². The van der Waals surface area contributed by atoms with Crippen molar-refractivity contribution in [3.63, 3.8) is 0 Å². The van der Waals surface area contributed by atoms with Crippen molar-refractivity contribution in [2.24, 2.45) is 0 Å². The number of nitriles is 2. The maximum absolute atomic E-state index is 10.3. The molecule has 5 rings (SSSR count). The number of hydrogen-bond acceptors (Lipinski definition) is 6. The summed E-state index contributed by atoms with van der Waals surface area (Å²) in [4.78, 5) is 6.57. The zero-order chi connectivity index (χ0) is 23.8. The van der Waals surface area contributed by atoms with Gasteiger partial charge in [-0.3, -0.25) is 0 Å². The van der Waals surface area contributed by atoms with Crippen molar-refractivity contribution in [2.45, 2.75) is 13.8 Å². The molecule has 0 saturated carbocycles. The first-order chi connectivity index (χ1) is 16.5. The highest BCUT2D eigenvalue weighted by Crippen LogP contribution is 2.46. The molecular weight excluding hydrogens is 508 g/mol. The molecule has 3 heterocycles. The van der Waals surface area contributed by atoms with Gasteiger partial charge >= 0.3 is 0 Å². The lowest BCUT2D eigenvalue weighted by Gasteiger charge is -2.24. The average molecular weight is 525 g/mol. The van der Waals surface area contributed by atoms with E-state index in [-0.39, 0.29) is 0 Å². The van der Waals surface area contributed by atoms with Gasteiger partial charge in [-0.15, -0.1) is 0 Å². The normalized spacial score (nSPS) is 14.6. The third kappa shape index (κ3) is 3.67. The van der Waals surface area contributed by atoms with Crippen LogP contribution < -0.4 is 4.90 Å². The Bertz CT molecular complexity index is 1570. The van der Waals surface area contributed by atoms with E-state index in [2.05, 4.69) is 38.2 Å². The summed E-state index contributed by atoms with van der Waals surface area (Å²) in [5, 5.41) is 27.7. The minimum absolute atomic E-state index is 0.293. The number of benzene rings is 2. The summed E-state index contributed by atoms with van der Waals surface area (Å²) in [5.74, 6) is 0. The molecule has 0 N–H and O–H groups in total. The highest BCUT2D eigenvalue weighted by atomic mass is 79.9. The van der Waals surface area contributed by atoms with Crippen LogP contribution in [0.3, 0.4) is 0 Å². The van der Waals surface area contributed by atoms with Gasteiger partial charge in [-0.25, -0.2) is 9.50 Å². The molecule has 0 atom stereocenters. The predicted octanol–water partition coefficient (Wildman–Crippen LogP) is 6.42. The van der Waals surface area contributed by atoms with Crippen LogP contribution >= 0.6 is 27.7 Å². The maximum atomic E-state index is 10.3. The number of hydrogen-bond donors (Lipinski definition) is 0. The van der Waals surface area contributed by atoms with E-state index in [1.54, 1.807) is 4.52 Å². The summed E-state index contributed by atoms with van der Waals surface area (Å²) < 4.78 is 2.62. The number of allylic oxidation sites excluding steroid dienone is 1. The van der Waals surface area contributed by atoms with Gasteiger partial charge < -0.3 is 4.90 Å². The van der Waals surface area contributed by atoms with Crippen molar-refractivity contribution in [2.75, 3.05) is 4.90 Å². The lowest BCUT2D eigenvalue weighted by atomic mass is 10.1. The molecule has 164 valence electrons. The summed E-state index contributed by atoms with van der Waals surface area (Å²) in [6.07, 6.45) is 0. The van der Waals surface area contributed by atoms with Crippen LogP contribution in [0.4, 0.5) is 5.69 Å². The second kappa shape index (κ2) is 8.83. The molecule has 2 aromatic carbocycles. The van der Waals surface area contributed by atoms with E-state index < -0.39 is 0 Å². The topological polar surface area (TPSA) is 81.0 Å². The third-order valence-corrected chi connectivity index (χ3v) is 6.93. The van der Waals surface area contributed by atoms with Crippen LogP contribution in [0.2, 0.25) is 0 Å². The molecule has 34 heavy (non-hydrogen) atoms. The number of anilines is 1. The molecule has 1 aliphatic heterocycles. The Kier molecular flexibility index (Phi) is 5.70. The van der Waals surface area contributed by atoms with Gasteiger partial charge in [0.05, 0.1) is 5.70 Å². The van der Waals surface area contributed by atoms with Crippen LogP contribution in [-0.4, -0.2) is 14.6 Å². The molecule has 0 bridgehead atoms. The molecular formula is C26H17BrN6S. The molecule has 0 fully saturated rings. The first-order valence-corrected chi connectivity index (χ1v) is 12.1. The van der Waals surface area contributed by atoms with Gasteiger partial charge in [0.25, 0.3) is 0 Å². The van der Waals surface area contributed by atoms with Crippen LogP contribution in [0, 0.1) is 36.5 Å². The van der Waals surface area contributed by atoms with Crippen molar-refractivity contribution in [3.8, 4) is 12.1 Å². The van der Waals surface area contributed by atoms with Gasteiger partial charge in [-0.1, -0.05) is 58.0 Å². The number of aryl methyl sites for hydroxylation is 2. The van der Waals surface area contributed by atoms with Crippen LogP contribution in [0.1, 0.15) is 28.2 Å². The number of nitrogens with zero attached hydrogens (tertiary/aromatic N) is 6. The van der Waals surface area contributed by atoms with Crippen LogP contribution in [0.15, 0.2) is 75.6 Å². The average Bonchev–Trinajstić information content (AvgIpc) is 3.43. The molecule has 8 heteroatoms. The number of rotatable bonds is 3. The second-order valence-electron chi connectivity index (χ2n) is 7.70. The van der Waals surface area contributed by atoms with Crippen LogP contribution in [-0.2, 0) is 0 Å². The lowest BCUT2D eigenvalue weighted by molar-refractivity contribution is 0.880. The van der Waals surface area contributed by atoms with E-state index >= 15 is 0 Å². The lowest BCUT2D eigenvalue weighted by Crippen LogP contribution is -2.17. The van der Waals surface area contributed by atoms with Crippen LogP contribution in [0.5, 0.6) is 0 Å². The van der Waals surface area contributed by atoms with Crippen molar-refractivity contribution < 1.29 is 0 Å². The highest BCUT2D eigenvalue weighted by Gasteiger charge is 2.31. The second-order valence-corrected chi connectivity index (χ2v) is 9.47. The molecule has 0 spiro atoms.